The first-order valence-electron chi connectivity index (χ1n) is 6.00. The number of sulfonamides is 1. The Kier molecular flexibility index (Phi) is 5.21. The molecule has 0 radical (unpaired) electrons. The number of morpholine rings is 1. The predicted molar refractivity (Wildman–Crippen MR) is 80.3 cm³/mol. The molecule has 1 fully saturated rings. The Morgan fingerprint density at radius 1 is 1.40 bits per heavy atom. The van der Waals surface area contributed by atoms with Crippen LogP contribution in [0.25, 0.3) is 0 Å². The average Bonchev–Trinajstić information content (AvgIpc) is 2.41. The first kappa shape index (κ1) is 16.3. The maximum absolute atomic E-state index is 12.7. The highest BCUT2D eigenvalue weighted by atomic mass is 35.5. The van der Waals surface area contributed by atoms with Crippen molar-refractivity contribution in [3.8, 4) is 0 Å². The Labute approximate surface area is 133 Å². The quantitative estimate of drug-likeness (QED) is 0.780. The van der Waals surface area contributed by atoms with Crippen molar-refractivity contribution in [1.82, 2.24) is 4.31 Å². The standard InChI is InChI=1S/C12H14Cl3NO3S/c1-8-7-19-10(5-13)6-16(8)20(17,18)12-4-9(14)2-3-11(12)15/h2-4,8,10H,5-7H2,1H3. The van der Waals surface area contributed by atoms with Crippen molar-refractivity contribution in [2.75, 3.05) is 19.0 Å². The summed E-state index contributed by atoms with van der Waals surface area (Å²) in [5, 5.41) is 0.471. The minimum absolute atomic E-state index is 0.00809. The van der Waals surface area contributed by atoms with Crippen LogP contribution in [0.2, 0.25) is 10.0 Å². The van der Waals surface area contributed by atoms with Crippen molar-refractivity contribution in [2.45, 2.75) is 24.0 Å². The summed E-state index contributed by atoms with van der Waals surface area (Å²) < 4.78 is 32.3. The molecule has 2 rings (SSSR count). The van der Waals surface area contributed by atoms with Gasteiger partial charge in [-0.25, -0.2) is 8.42 Å². The van der Waals surface area contributed by atoms with Crippen molar-refractivity contribution >= 4 is 44.8 Å². The summed E-state index contributed by atoms with van der Waals surface area (Å²) in [6.07, 6.45) is -0.319. The van der Waals surface area contributed by atoms with E-state index in [-0.39, 0.29) is 34.5 Å². The molecule has 0 N–H and O–H groups in total. The van der Waals surface area contributed by atoms with E-state index in [0.29, 0.717) is 11.6 Å². The molecular weight excluding hydrogens is 345 g/mol. The SMILES string of the molecule is CC1COC(CCl)CN1S(=O)(=O)c1cc(Cl)ccc1Cl. The lowest BCUT2D eigenvalue weighted by atomic mass is 10.2. The lowest BCUT2D eigenvalue weighted by molar-refractivity contribution is -0.0152. The molecular formula is C12H14Cl3NO3S. The van der Waals surface area contributed by atoms with E-state index in [1.165, 1.54) is 16.4 Å². The summed E-state index contributed by atoms with van der Waals surface area (Å²) in [6.45, 7) is 2.28. The average molecular weight is 359 g/mol. The summed E-state index contributed by atoms with van der Waals surface area (Å²) >= 11 is 17.6. The highest BCUT2D eigenvalue weighted by Crippen LogP contribution is 2.30. The fourth-order valence-corrected chi connectivity index (χ4v) is 4.60. The lowest BCUT2D eigenvalue weighted by Crippen LogP contribution is -2.51. The molecule has 0 aromatic heterocycles. The second kappa shape index (κ2) is 6.38. The highest BCUT2D eigenvalue weighted by Gasteiger charge is 2.36. The van der Waals surface area contributed by atoms with Crippen LogP contribution in [-0.4, -0.2) is 43.9 Å². The molecule has 1 heterocycles. The summed E-state index contributed by atoms with van der Waals surface area (Å²) in [6, 6.07) is 4.10. The molecule has 0 spiro atoms. The van der Waals surface area contributed by atoms with Crippen LogP contribution in [0.3, 0.4) is 0 Å². The van der Waals surface area contributed by atoms with Gasteiger partial charge in [0.25, 0.3) is 0 Å². The van der Waals surface area contributed by atoms with Gasteiger partial charge in [-0.15, -0.1) is 11.6 Å². The number of alkyl halides is 1. The van der Waals surface area contributed by atoms with E-state index >= 15 is 0 Å². The number of hydrogen-bond acceptors (Lipinski definition) is 3. The van der Waals surface area contributed by atoms with Crippen LogP contribution in [0, 0.1) is 0 Å². The molecule has 1 aliphatic rings. The zero-order chi connectivity index (χ0) is 14.9. The van der Waals surface area contributed by atoms with Gasteiger partial charge in [-0.2, -0.15) is 4.31 Å². The fraction of sp³-hybridized carbons (Fsp3) is 0.500. The van der Waals surface area contributed by atoms with E-state index in [1.54, 1.807) is 13.0 Å². The van der Waals surface area contributed by atoms with Crippen molar-refractivity contribution in [3.05, 3.63) is 28.2 Å². The van der Waals surface area contributed by atoms with Gasteiger partial charge in [0.15, 0.2) is 0 Å². The second-order valence-electron chi connectivity index (χ2n) is 4.61. The van der Waals surface area contributed by atoms with Crippen LogP contribution in [-0.2, 0) is 14.8 Å². The van der Waals surface area contributed by atoms with Crippen LogP contribution in [0.5, 0.6) is 0 Å². The van der Waals surface area contributed by atoms with Crippen molar-refractivity contribution < 1.29 is 13.2 Å². The topological polar surface area (TPSA) is 46.6 Å². The number of rotatable bonds is 3. The Morgan fingerprint density at radius 2 is 2.10 bits per heavy atom. The summed E-state index contributed by atoms with van der Waals surface area (Å²) in [7, 11) is -3.73. The number of ether oxygens (including phenoxy) is 1. The van der Waals surface area contributed by atoms with Crippen molar-refractivity contribution in [1.29, 1.82) is 0 Å². The Hall–Kier alpha value is -0.0400. The fourth-order valence-electron chi connectivity index (χ4n) is 2.02. The van der Waals surface area contributed by atoms with E-state index < -0.39 is 10.0 Å². The van der Waals surface area contributed by atoms with Gasteiger partial charge < -0.3 is 4.74 Å². The minimum Gasteiger partial charge on any atom is -0.374 e. The molecule has 4 nitrogen and oxygen atoms in total. The maximum Gasteiger partial charge on any atom is 0.245 e. The van der Waals surface area contributed by atoms with Crippen LogP contribution in [0.1, 0.15) is 6.92 Å². The molecule has 1 aliphatic heterocycles. The molecule has 1 aromatic carbocycles. The molecule has 1 saturated heterocycles. The highest BCUT2D eigenvalue weighted by molar-refractivity contribution is 7.89. The van der Waals surface area contributed by atoms with E-state index in [1.807, 2.05) is 0 Å². The first-order valence-corrected chi connectivity index (χ1v) is 8.73. The molecule has 2 unspecified atom stereocenters. The van der Waals surface area contributed by atoms with E-state index in [4.69, 9.17) is 39.5 Å². The zero-order valence-electron chi connectivity index (χ0n) is 10.7. The molecule has 0 aliphatic carbocycles. The van der Waals surface area contributed by atoms with Gasteiger partial charge in [-0.05, 0) is 25.1 Å². The molecule has 0 amide bonds. The van der Waals surface area contributed by atoms with E-state index in [0.717, 1.165) is 0 Å². The van der Waals surface area contributed by atoms with Gasteiger partial charge in [-0.1, -0.05) is 23.2 Å². The normalized spacial score (nSPS) is 24.8. The number of nitrogens with zero attached hydrogens (tertiary/aromatic N) is 1. The molecule has 1 aromatic rings. The smallest absolute Gasteiger partial charge is 0.245 e. The molecule has 112 valence electrons. The van der Waals surface area contributed by atoms with Crippen molar-refractivity contribution in [3.63, 3.8) is 0 Å². The second-order valence-corrected chi connectivity index (χ2v) is 7.62. The van der Waals surface area contributed by atoms with E-state index in [9.17, 15) is 8.42 Å². The van der Waals surface area contributed by atoms with Crippen molar-refractivity contribution in [2.24, 2.45) is 0 Å². The molecule has 20 heavy (non-hydrogen) atoms. The van der Waals surface area contributed by atoms with Gasteiger partial charge in [0.1, 0.15) is 4.90 Å². The third kappa shape index (κ3) is 3.24. The van der Waals surface area contributed by atoms with Gasteiger partial charge in [0.2, 0.25) is 10.0 Å². The van der Waals surface area contributed by atoms with Crippen LogP contribution >= 0.6 is 34.8 Å². The Morgan fingerprint density at radius 3 is 2.75 bits per heavy atom. The number of halogens is 3. The van der Waals surface area contributed by atoms with Crippen LogP contribution in [0.4, 0.5) is 0 Å². The Bertz CT molecular complexity index is 594. The molecule has 0 bridgehead atoms. The number of hydrogen-bond donors (Lipinski definition) is 0. The predicted octanol–water partition coefficient (Wildman–Crippen LogP) is 3.01. The van der Waals surface area contributed by atoms with Crippen LogP contribution < -0.4 is 0 Å². The number of benzene rings is 1. The molecule has 2 atom stereocenters. The summed E-state index contributed by atoms with van der Waals surface area (Å²) in [5.74, 6) is 0.238. The van der Waals surface area contributed by atoms with Gasteiger partial charge >= 0.3 is 0 Å². The third-order valence-electron chi connectivity index (χ3n) is 3.10. The molecule has 8 heteroatoms. The zero-order valence-corrected chi connectivity index (χ0v) is 13.8. The largest absolute Gasteiger partial charge is 0.374 e. The van der Waals surface area contributed by atoms with Gasteiger partial charge in [0, 0.05) is 23.5 Å². The Balaban J connectivity index is 2.40. The summed E-state index contributed by atoms with van der Waals surface area (Å²) in [5.41, 5.74) is 0. The van der Waals surface area contributed by atoms with E-state index in [2.05, 4.69) is 0 Å². The van der Waals surface area contributed by atoms with Gasteiger partial charge in [-0.3, -0.25) is 0 Å². The van der Waals surface area contributed by atoms with Gasteiger partial charge in [0.05, 0.1) is 17.7 Å². The minimum atomic E-state index is -3.73. The summed E-state index contributed by atoms with van der Waals surface area (Å²) in [4.78, 5) is 0.00809. The first-order chi connectivity index (χ1) is 9.36. The monoisotopic (exact) mass is 357 g/mol. The molecule has 0 saturated carbocycles. The van der Waals surface area contributed by atoms with Crippen LogP contribution in [0.15, 0.2) is 23.1 Å². The third-order valence-corrected chi connectivity index (χ3v) is 6.14. The lowest BCUT2D eigenvalue weighted by Gasteiger charge is -2.36. The maximum atomic E-state index is 12.7.